The highest BCUT2D eigenvalue weighted by molar-refractivity contribution is 8.00. The highest BCUT2D eigenvalue weighted by atomic mass is 32.2. The van der Waals surface area contributed by atoms with Crippen molar-refractivity contribution in [2.75, 3.05) is 5.75 Å². The molecule has 0 N–H and O–H groups in total. The maximum absolute atomic E-state index is 11.6. The Kier molecular flexibility index (Phi) is 3.84. The van der Waals surface area contributed by atoms with Gasteiger partial charge in [0.25, 0.3) is 0 Å². The van der Waals surface area contributed by atoms with Gasteiger partial charge in [0.2, 0.25) is 0 Å². The molecule has 0 amide bonds. The second-order valence-corrected chi connectivity index (χ2v) is 6.18. The first-order valence-electron chi connectivity index (χ1n) is 5.15. The number of carbonyl (C=O) groups is 1. The van der Waals surface area contributed by atoms with E-state index in [0.29, 0.717) is 11.5 Å². The number of rotatable bonds is 3. The van der Waals surface area contributed by atoms with Gasteiger partial charge in [-0.05, 0) is 12.8 Å². The molecule has 1 fully saturated rings. The molecule has 0 radical (unpaired) electrons. The highest BCUT2D eigenvalue weighted by Gasteiger charge is 2.23. The smallest absolute Gasteiger partial charge is 0.148 e. The Morgan fingerprint density at radius 1 is 1.31 bits per heavy atom. The van der Waals surface area contributed by atoms with Gasteiger partial charge in [0, 0.05) is 10.7 Å². The van der Waals surface area contributed by atoms with Crippen LogP contribution in [0, 0.1) is 5.41 Å². The number of carbonyl (C=O) groups excluding carboxylic acids is 1. The van der Waals surface area contributed by atoms with E-state index in [9.17, 15) is 4.79 Å². The van der Waals surface area contributed by atoms with Gasteiger partial charge in [0.15, 0.2) is 0 Å². The second kappa shape index (κ2) is 4.50. The predicted molar refractivity (Wildman–Crippen MR) is 59.2 cm³/mol. The van der Waals surface area contributed by atoms with Crippen LogP contribution in [-0.2, 0) is 4.79 Å². The lowest BCUT2D eigenvalue weighted by Crippen LogP contribution is -2.22. The number of hydrogen-bond acceptors (Lipinski definition) is 2. The molecular formula is C11H20OS. The van der Waals surface area contributed by atoms with Crippen LogP contribution in [0.25, 0.3) is 0 Å². The fraction of sp³-hybridized carbons (Fsp3) is 0.909. The molecule has 0 bridgehead atoms. The molecule has 0 heterocycles. The summed E-state index contributed by atoms with van der Waals surface area (Å²) in [7, 11) is 0. The largest absolute Gasteiger partial charge is 0.298 e. The Balaban J connectivity index is 2.22. The Hall–Kier alpha value is 0.0200. The van der Waals surface area contributed by atoms with E-state index in [2.05, 4.69) is 0 Å². The minimum Gasteiger partial charge on any atom is -0.298 e. The third kappa shape index (κ3) is 3.72. The van der Waals surface area contributed by atoms with E-state index in [-0.39, 0.29) is 5.41 Å². The van der Waals surface area contributed by atoms with Crippen LogP contribution in [-0.4, -0.2) is 16.8 Å². The average Bonchev–Trinajstić information content (AvgIpc) is 2.50. The van der Waals surface area contributed by atoms with Gasteiger partial charge >= 0.3 is 0 Å². The van der Waals surface area contributed by atoms with Crippen LogP contribution in [0.2, 0.25) is 0 Å². The van der Waals surface area contributed by atoms with Crippen LogP contribution in [0.15, 0.2) is 0 Å². The van der Waals surface area contributed by atoms with Crippen molar-refractivity contribution in [3.63, 3.8) is 0 Å². The number of ketones is 1. The SMILES string of the molecule is CC(C)(C)C(=O)CSC1CCCC1. The van der Waals surface area contributed by atoms with Gasteiger partial charge in [-0.3, -0.25) is 4.79 Å². The number of Topliss-reactive ketones (excluding diaryl/α,β-unsaturated/α-hetero) is 1. The zero-order chi connectivity index (χ0) is 9.90. The third-order valence-corrected chi connectivity index (χ3v) is 3.96. The van der Waals surface area contributed by atoms with Crippen molar-refractivity contribution < 1.29 is 4.79 Å². The van der Waals surface area contributed by atoms with Gasteiger partial charge in [0.05, 0.1) is 5.75 Å². The molecule has 0 aromatic carbocycles. The van der Waals surface area contributed by atoms with E-state index >= 15 is 0 Å². The van der Waals surface area contributed by atoms with Crippen molar-refractivity contribution in [1.82, 2.24) is 0 Å². The quantitative estimate of drug-likeness (QED) is 0.695. The van der Waals surface area contributed by atoms with Gasteiger partial charge < -0.3 is 0 Å². The first-order valence-corrected chi connectivity index (χ1v) is 6.20. The molecule has 0 spiro atoms. The Labute approximate surface area is 85.7 Å². The lowest BCUT2D eigenvalue weighted by molar-refractivity contribution is -0.123. The summed E-state index contributed by atoms with van der Waals surface area (Å²) in [6.07, 6.45) is 5.37. The zero-order valence-electron chi connectivity index (χ0n) is 8.93. The van der Waals surface area contributed by atoms with E-state index in [1.807, 2.05) is 32.5 Å². The van der Waals surface area contributed by atoms with Gasteiger partial charge in [-0.25, -0.2) is 0 Å². The molecule has 1 aliphatic carbocycles. The fourth-order valence-corrected chi connectivity index (χ4v) is 2.95. The lowest BCUT2D eigenvalue weighted by Gasteiger charge is -2.17. The molecule has 1 rings (SSSR count). The standard InChI is InChI=1S/C11H20OS/c1-11(2,3)10(12)8-13-9-6-4-5-7-9/h9H,4-8H2,1-3H3. The third-order valence-electron chi connectivity index (χ3n) is 2.59. The minimum atomic E-state index is -0.147. The Bertz CT molecular complexity index is 175. The monoisotopic (exact) mass is 200 g/mol. The summed E-state index contributed by atoms with van der Waals surface area (Å²) in [5, 5.41) is 0.770. The lowest BCUT2D eigenvalue weighted by atomic mass is 9.92. The Morgan fingerprint density at radius 2 is 1.85 bits per heavy atom. The van der Waals surface area contributed by atoms with E-state index in [4.69, 9.17) is 0 Å². The molecule has 0 atom stereocenters. The van der Waals surface area contributed by atoms with Crippen molar-refractivity contribution >= 4 is 17.5 Å². The van der Waals surface area contributed by atoms with Crippen LogP contribution < -0.4 is 0 Å². The average molecular weight is 200 g/mol. The molecule has 0 saturated heterocycles. The van der Waals surface area contributed by atoms with Crippen LogP contribution in [0.4, 0.5) is 0 Å². The van der Waals surface area contributed by atoms with Crippen molar-refractivity contribution in [1.29, 1.82) is 0 Å². The van der Waals surface area contributed by atoms with Crippen LogP contribution in [0.5, 0.6) is 0 Å². The first-order chi connectivity index (χ1) is 6.00. The molecule has 0 aliphatic heterocycles. The molecule has 0 aromatic rings. The molecule has 2 heteroatoms. The van der Waals surface area contributed by atoms with E-state index in [1.54, 1.807) is 0 Å². The van der Waals surface area contributed by atoms with E-state index in [0.717, 1.165) is 5.25 Å². The van der Waals surface area contributed by atoms with Crippen molar-refractivity contribution in [2.45, 2.75) is 51.7 Å². The Morgan fingerprint density at radius 3 is 2.31 bits per heavy atom. The summed E-state index contributed by atoms with van der Waals surface area (Å²) in [4.78, 5) is 11.6. The molecule has 0 aromatic heterocycles. The first kappa shape index (κ1) is 11.1. The summed E-state index contributed by atoms with van der Waals surface area (Å²) in [6.45, 7) is 6.01. The van der Waals surface area contributed by atoms with Crippen molar-refractivity contribution in [3.8, 4) is 0 Å². The topological polar surface area (TPSA) is 17.1 Å². The summed E-state index contributed by atoms with van der Waals surface area (Å²) in [5.74, 6) is 1.11. The zero-order valence-corrected chi connectivity index (χ0v) is 9.75. The summed E-state index contributed by atoms with van der Waals surface area (Å²) in [6, 6.07) is 0. The van der Waals surface area contributed by atoms with E-state index < -0.39 is 0 Å². The molecule has 0 unspecified atom stereocenters. The van der Waals surface area contributed by atoms with E-state index in [1.165, 1.54) is 25.7 Å². The molecule has 13 heavy (non-hydrogen) atoms. The number of thioether (sulfide) groups is 1. The maximum atomic E-state index is 11.6. The summed E-state index contributed by atoms with van der Waals surface area (Å²) < 4.78 is 0. The maximum Gasteiger partial charge on any atom is 0.148 e. The normalized spacial score (nSPS) is 19.3. The second-order valence-electron chi connectivity index (χ2n) is 4.89. The molecular weight excluding hydrogens is 180 g/mol. The molecule has 1 saturated carbocycles. The number of hydrogen-bond donors (Lipinski definition) is 0. The predicted octanol–water partition coefficient (Wildman–Crippen LogP) is 3.28. The van der Waals surface area contributed by atoms with Crippen LogP contribution >= 0.6 is 11.8 Å². The van der Waals surface area contributed by atoms with Gasteiger partial charge in [-0.15, -0.1) is 0 Å². The van der Waals surface area contributed by atoms with Crippen molar-refractivity contribution in [3.05, 3.63) is 0 Å². The van der Waals surface area contributed by atoms with Gasteiger partial charge in [0.1, 0.15) is 5.78 Å². The summed E-state index contributed by atoms with van der Waals surface area (Å²) >= 11 is 1.87. The molecule has 1 aliphatic rings. The van der Waals surface area contributed by atoms with Crippen molar-refractivity contribution in [2.24, 2.45) is 5.41 Å². The molecule has 1 nitrogen and oxygen atoms in total. The minimum absolute atomic E-state index is 0.147. The van der Waals surface area contributed by atoms with Crippen LogP contribution in [0.3, 0.4) is 0 Å². The van der Waals surface area contributed by atoms with Gasteiger partial charge in [-0.2, -0.15) is 11.8 Å². The summed E-state index contributed by atoms with van der Waals surface area (Å²) in [5.41, 5.74) is -0.147. The van der Waals surface area contributed by atoms with Gasteiger partial charge in [-0.1, -0.05) is 33.6 Å². The highest BCUT2D eigenvalue weighted by Crippen LogP contribution is 2.30. The fourth-order valence-electron chi connectivity index (χ4n) is 1.47. The molecule has 76 valence electrons. The van der Waals surface area contributed by atoms with Crippen LogP contribution in [0.1, 0.15) is 46.5 Å².